The van der Waals surface area contributed by atoms with Crippen LogP contribution in [0.4, 0.5) is 13.2 Å². The summed E-state index contributed by atoms with van der Waals surface area (Å²) in [4.78, 5) is 0. The number of nitrogens with one attached hydrogen (secondary N) is 1. The summed E-state index contributed by atoms with van der Waals surface area (Å²) in [5, 5.41) is 14.8. The van der Waals surface area contributed by atoms with E-state index >= 15 is 0 Å². The zero-order valence-corrected chi connectivity index (χ0v) is 8.42. The topological polar surface area (TPSA) is 52.5 Å². The monoisotopic (exact) mass is 237 g/mol. The number of nitrogens with zero attached hydrogens (tertiary/aromatic N) is 2. The fourth-order valence-corrected chi connectivity index (χ4v) is 1.48. The van der Waals surface area contributed by atoms with Gasteiger partial charge in [-0.25, -0.2) is 0 Å². The second kappa shape index (κ2) is 3.94. The molecule has 1 aromatic carbocycles. The largest absolute Gasteiger partial charge is 0.417 e. The molecule has 1 N–H and O–H groups in total. The van der Waals surface area contributed by atoms with Gasteiger partial charge in [-0.15, -0.1) is 0 Å². The molecule has 17 heavy (non-hydrogen) atoms. The molecule has 0 atom stereocenters. The molecule has 0 saturated heterocycles. The van der Waals surface area contributed by atoms with Gasteiger partial charge in [0.15, 0.2) is 0 Å². The third-order valence-electron chi connectivity index (χ3n) is 2.23. The summed E-state index contributed by atoms with van der Waals surface area (Å²) in [5.74, 6) is 0. The summed E-state index contributed by atoms with van der Waals surface area (Å²) >= 11 is 0. The Morgan fingerprint density at radius 3 is 2.53 bits per heavy atom. The Labute approximate surface area is 94.5 Å². The Balaban J connectivity index is 2.65. The Bertz CT molecular complexity index is 565. The van der Waals surface area contributed by atoms with Crippen LogP contribution >= 0.6 is 0 Å². The molecule has 6 heteroatoms. The lowest BCUT2D eigenvalue weighted by Gasteiger charge is -2.11. The molecule has 0 unspecified atom stereocenters. The van der Waals surface area contributed by atoms with Gasteiger partial charge in [0, 0.05) is 11.8 Å². The van der Waals surface area contributed by atoms with E-state index < -0.39 is 11.7 Å². The first-order valence-corrected chi connectivity index (χ1v) is 4.64. The number of H-pyrrole nitrogens is 1. The van der Waals surface area contributed by atoms with Crippen LogP contribution in [-0.4, -0.2) is 10.2 Å². The van der Waals surface area contributed by atoms with E-state index in [1.807, 2.05) is 0 Å². The molecule has 0 spiro atoms. The van der Waals surface area contributed by atoms with Crippen LogP contribution in [0.5, 0.6) is 0 Å². The molecule has 0 amide bonds. The zero-order chi connectivity index (χ0) is 12.5. The lowest BCUT2D eigenvalue weighted by molar-refractivity contribution is -0.137. The number of rotatable bonds is 1. The summed E-state index contributed by atoms with van der Waals surface area (Å²) < 4.78 is 38.4. The highest BCUT2D eigenvalue weighted by Crippen LogP contribution is 2.36. The van der Waals surface area contributed by atoms with E-state index in [1.165, 1.54) is 24.4 Å². The maximum absolute atomic E-state index is 12.8. The van der Waals surface area contributed by atoms with Gasteiger partial charge in [-0.1, -0.05) is 6.07 Å². The van der Waals surface area contributed by atoms with Crippen molar-refractivity contribution in [2.24, 2.45) is 0 Å². The zero-order valence-electron chi connectivity index (χ0n) is 8.42. The van der Waals surface area contributed by atoms with Gasteiger partial charge in [0.25, 0.3) is 0 Å². The molecule has 86 valence electrons. The maximum Gasteiger partial charge on any atom is 0.417 e. The van der Waals surface area contributed by atoms with Gasteiger partial charge < -0.3 is 0 Å². The van der Waals surface area contributed by atoms with Crippen molar-refractivity contribution in [3.8, 4) is 17.3 Å². The lowest BCUT2D eigenvalue weighted by Crippen LogP contribution is -2.07. The van der Waals surface area contributed by atoms with Crippen molar-refractivity contribution in [2.75, 3.05) is 0 Å². The smallest absolute Gasteiger partial charge is 0.285 e. The van der Waals surface area contributed by atoms with Gasteiger partial charge in [-0.2, -0.15) is 23.5 Å². The minimum absolute atomic E-state index is 0.0309. The fraction of sp³-hybridized carbons (Fsp3) is 0.0909. The second-order valence-electron chi connectivity index (χ2n) is 3.33. The van der Waals surface area contributed by atoms with Crippen molar-refractivity contribution in [1.82, 2.24) is 10.2 Å². The molecule has 0 fully saturated rings. The van der Waals surface area contributed by atoms with Crippen LogP contribution in [0.25, 0.3) is 11.3 Å². The normalized spacial score (nSPS) is 11.2. The average Bonchev–Trinajstić information content (AvgIpc) is 2.80. The fourth-order valence-electron chi connectivity index (χ4n) is 1.48. The minimum atomic E-state index is -4.51. The second-order valence-corrected chi connectivity index (χ2v) is 3.33. The molecule has 2 aromatic rings. The molecule has 3 nitrogen and oxygen atoms in total. The van der Waals surface area contributed by atoms with Gasteiger partial charge in [-0.3, -0.25) is 5.10 Å². The molecule has 1 heterocycles. The highest BCUT2D eigenvalue weighted by atomic mass is 19.4. The number of hydrogen-bond donors (Lipinski definition) is 1. The van der Waals surface area contributed by atoms with Crippen LogP contribution in [-0.2, 0) is 6.18 Å². The summed E-state index contributed by atoms with van der Waals surface area (Å²) in [6.07, 6.45) is -3.07. The first-order valence-electron chi connectivity index (χ1n) is 4.64. The molecule has 0 aliphatic rings. The van der Waals surface area contributed by atoms with Crippen LogP contribution in [0.1, 0.15) is 11.1 Å². The average molecular weight is 237 g/mol. The highest BCUT2D eigenvalue weighted by molar-refractivity contribution is 5.65. The van der Waals surface area contributed by atoms with Crippen molar-refractivity contribution in [1.29, 1.82) is 5.26 Å². The Morgan fingerprint density at radius 2 is 2.00 bits per heavy atom. The molecule has 0 aliphatic heterocycles. The van der Waals surface area contributed by atoms with Gasteiger partial charge in [0.05, 0.1) is 22.9 Å². The predicted octanol–water partition coefficient (Wildman–Crippen LogP) is 2.97. The highest BCUT2D eigenvalue weighted by Gasteiger charge is 2.34. The van der Waals surface area contributed by atoms with E-state index in [4.69, 9.17) is 5.26 Å². The number of halogens is 3. The minimum Gasteiger partial charge on any atom is -0.285 e. The van der Waals surface area contributed by atoms with Crippen LogP contribution in [0.3, 0.4) is 0 Å². The summed E-state index contributed by atoms with van der Waals surface area (Å²) in [7, 11) is 0. The van der Waals surface area contributed by atoms with Gasteiger partial charge in [0.2, 0.25) is 0 Å². The predicted molar refractivity (Wildman–Crippen MR) is 53.7 cm³/mol. The Morgan fingerprint density at radius 1 is 1.24 bits per heavy atom. The number of benzene rings is 1. The molecule has 0 bridgehead atoms. The summed E-state index contributed by atoms with van der Waals surface area (Å²) in [5.41, 5.74) is -0.736. The molecule has 1 aromatic heterocycles. The third-order valence-corrected chi connectivity index (χ3v) is 2.23. The number of aromatic amines is 1. The molecule has 2 rings (SSSR count). The molecule has 0 aliphatic carbocycles. The van der Waals surface area contributed by atoms with Crippen LogP contribution in [0.2, 0.25) is 0 Å². The standard InChI is InChI=1S/C11H6F3N3/c12-11(13,14)9-5-7(6-15)1-2-8(9)10-3-4-16-17-10/h1-5H,(H,16,17). The summed E-state index contributed by atoms with van der Waals surface area (Å²) in [6, 6.07) is 6.53. The van der Waals surface area contributed by atoms with Crippen molar-refractivity contribution in [2.45, 2.75) is 6.18 Å². The van der Waals surface area contributed by atoms with Crippen LogP contribution in [0.15, 0.2) is 30.5 Å². The molecule has 0 saturated carbocycles. The number of hydrogen-bond acceptors (Lipinski definition) is 2. The van der Waals surface area contributed by atoms with E-state index in [0.717, 1.165) is 6.07 Å². The molecule has 0 radical (unpaired) electrons. The van der Waals surface area contributed by atoms with Gasteiger partial charge >= 0.3 is 6.18 Å². The van der Waals surface area contributed by atoms with Crippen molar-refractivity contribution >= 4 is 0 Å². The van der Waals surface area contributed by atoms with Crippen molar-refractivity contribution < 1.29 is 13.2 Å². The Kier molecular flexibility index (Phi) is 2.60. The van der Waals surface area contributed by atoms with Crippen LogP contribution < -0.4 is 0 Å². The van der Waals surface area contributed by atoms with Crippen LogP contribution in [0, 0.1) is 11.3 Å². The van der Waals surface area contributed by atoms with Gasteiger partial charge in [0.1, 0.15) is 0 Å². The lowest BCUT2D eigenvalue weighted by atomic mass is 10.0. The number of aromatic nitrogens is 2. The maximum atomic E-state index is 12.8. The first-order chi connectivity index (χ1) is 8.02. The van der Waals surface area contributed by atoms with E-state index in [9.17, 15) is 13.2 Å². The van der Waals surface area contributed by atoms with Gasteiger partial charge in [-0.05, 0) is 18.2 Å². The summed E-state index contributed by atoms with van der Waals surface area (Å²) in [6.45, 7) is 0. The molecular formula is C11H6F3N3. The Hall–Kier alpha value is -2.29. The quantitative estimate of drug-likeness (QED) is 0.828. The van der Waals surface area contributed by atoms with E-state index in [-0.39, 0.29) is 16.8 Å². The van der Waals surface area contributed by atoms with E-state index in [0.29, 0.717) is 0 Å². The first kappa shape index (κ1) is 11.2. The van der Waals surface area contributed by atoms with Crippen molar-refractivity contribution in [3.05, 3.63) is 41.6 Å². The van der Waals surface area contributed by atoms with E-state index in [2.05, 4.69) is 10.2 Å². The SMILES string of the molecule is N#Cc1ccc(-c2cc[nH]n2)c(C(F)(F)F)c1. The van der Waals surface area contributed by atoms with E-state index in [1.54, 1.807) is 6.07 Å². The molecular weight excluding hydrogens is 231 g/mol. The number of nitriles is 1. The number of alkyl halides is 3. The van der Waals surface area contributed by atoms with Crippen molar-refractivity contribution in [3.63, 3.8) is 0 Å². The third kappa shape index (κ3) is 2.13.